The van der Waals surface area contributed by atoms with Gasteiger partial charge in [-0.1, -0.05) is 44.2 Å². The van der Waals surface area contributed by atoms with Crippen molar-refractivity contribution in [3.05, 3.63) is 60.7 Å². The second-order valence-corrected chi connectivity index (χ2v) is 4.19. The third-order valence-corrected chi connectivity index (χ3v) is 3.18. The molecule has 0 saturated heterocycles. The van der Waals surface area contributed by atoms with Crippen molar-refractivity contribution < 1.29 is 0 Å². The molecule has 2 aromatic heterocycles. The molecule has 2 aromatic carbocycles. The van der Waals surface area contributed by atoms with Gasteiger partial charge in [0.25, 0.3) is 0 Å². The normalized spacial score (nSPS) is 10.6. The van der Waals surface area contributed by atoms with Gasteiger partial charge in [-0.05, 0) is 35.7 Å². The molecule has 2 heteroatoms. The molecule has 0 aliphatic carbocycles. The molecule has 0 amide bonds. The van der Waals surface area contributed by atoms with Gasteiger partial charge in [0.1, 0.15) is 5.65 Å². The summed E-state index contributed by atoms with van der Waals surface area (Å²) in [5.74, 6) is 0. The van der Waals surface area contributed by atoms with Crippen LogP contribution in [0.2, 0.25) is 0 Å². The minimum Gasteiger partial charge on any atom is -0.292 e. The summed E-state index contributed by atoms with van der Waals surface area (Å²) < 4.78 is 2.21. The van der Waals surface area contributed by atoms with E-state index >= 15 is 0 Å². The minimum absolute atomic E-state index is 1.00. The maximum Gasteiger partial charge on any atom is 0.138 e. The zero-order chi connectivity index (χ0) is 13.2. The van der Waals surface area contributed by atoms with Crippen molar-refractivity contribution in [3.63, 3.8) is 0 Å². The smallest absolute Gasteiger partial charge is 0.138 e. The maximum atomic E-state index is 4.63. The van der Waals surface area contributed by atoms with Crippen LogP contribution in [0.15, 0.2) is 60.7 Å². The highest BCUT2D eigenvalue weighted by atomic mass is 15.0. The van der Waals surface area contributed by atoms with Gasteiger partial charge in [0.15, 0.2) is 0 Å². The Morgan fingerprint density at radius 3 is 2.26 bits per heavy atom. The van der Waals surface area contributed by atoms with Gasteiger partial charge in [0.05, 0.1) is 16.6 Å². The van der Waals surface area contributed by atoms with Crippen molar-refractivity contribution in [1.82, 2.24) is 9.38 Å². The molecule has 4 aromatic rings. The standard InChI is InChI=1S/C15H10N2.C2H6/c1-3-7-13-11(5-1)9-10-15-16-12-6-2-4-8-14(12)17(13)15;1-2/h1-10H;1-2H3. The van der Waals surface area contributed by atoms with Crippen LogP contribution in [0.25, 0.3) is 27.6 Å². The first-order valence-electron chi connectivity index (χ1n) is 6.68. The van der Waals surface area contributed by atoms with Crippen molar-refractivity contribution in [2.45, 2.75) is 13.8 Å². The van der Waals surface area contributed by atoms with Crippen LogP contribution >= 0.6 is 0 Å². The topological polar surface area (TPSA) is 17.3 Å². The zero-order valence-corrected chi connectivity index (χ0v) is 11.2. The molecule has 0 saturated carbocycles. The Morgan fingerprint density at radius 1 is 0.737 bits per heavy atom. The lowest BCUT2D eigenvalue weighted by atomic mass is 10.2. The van der Waals surface area contributed by atoms with Gasteiger partial charge in [0, 0.05) is 0 Å². The molecule has 0 atom stereocenters. The highest BCUT2D eigenvalue weighted by molar-refractivity contribution is 5.90. The summed E-state index contributed by atoms with van der Waals surface area (Å²) >= 11 is 0. The van der Waals surface area contributed by atoms with Gasteiger partial charge in [0.2, 0.25) is 0 Å². The number of imidazole rings is 1. The van der Waals surface area contributed by atoms with Crippen molar-refractivity contribution in [3.8, 4) is 0 Å². The fourth-order valence-electron chi connectivity index (χ4n) is 2.41. The lowest BCUT2D eigenvalue weighted by Crippen LogP contribution is -1.87. The summed E-state index contributed by atoms with van der Waals surface area (Å²) in [6.07, 6.45) is 0. The molecule has 0 N–H and O–H groups in total. The first-order chi connectivity index (χ1) is 9.43. The van der Waals surface area contributed by atoms with Crippen LogP contribution < -0.4 is 0 Å². The number of pyridine rings is 1. The first-order valence-corrected chi connectivity index (χ1v) is 6.68. The Hall–Kier alpha value is -2.35. The molecule has 0 fully saturated rings. The number of benzene rings is 2. The van der Waals surface area contributed by atoms with Gasteiger partial charge < -0.3 is 0 Å². The Bertz CT molecular complexity index is 837. The summed E-state index contributed by atoms with van der Waals surface area (Å²) in [5.41, 5.74) is 4.42. The quantitative estimate of drug-likeness (QED) is 0.442. The molecule has 4 rings (SSSR count). The summed E-state index contributed by atoms with van der Waals surface area (Å²) in [7, 11) is 0. The Labute approximate surface area is 112 Å². The molecular weight excluding hydrogens is 232 g/mol. The van der Waals surface area contributed by atoms with E-state index in [9.17, 15) is 0 Å². The van der Waals surface area contributed by atoms with Crippen molar-refractivity contribution in [2.75, 3.05) is 0 Å². The number of nitrogens with zero attached hydrogens (tertiary/aromatic N) is 2. The van der Waals surface area contributed by atoms with Crippen LogP contribution in [0.1, 0.15) is 13.8 Å². The number of para-hydroxylation sites is 3. The van der Waals surface area contributed by atoms with Crippen LogP contribution in [0.4, 0.5) is 0 Å². The third-order valence-electron chi connectivity index (χ3n) is 3.18. The number of fused-ring (bicyclic) bond motifs is 5. The Balaban J connectivity index is 0.000000528. The van der Waals surface area contributed by atoms with Gasteiger partial charge in [-0.3, -0.25) is 4.40 Å². The first kappa shape index (κ1) is 11.7. The van der Waals surface area contributed by atoms with Gasteiger partial charge in [-0.15, -0.1) is 0 Å². The van der Waals surface area contributed by atoms with E-state index in [0.29, 0.717) is 0 Å². The average molecular weight is 248 g/mol. The fourth-order valence-corrected chi connectivity index (χ4v) is 2.41. The lowest BCUT2D eigenvalue weighted by Gasteiger charge is -2.02. The number of aromatic nitrogens is 2. The monoisotopic (exact) mass is 248 g/mol. The average Bonchev–Trinajstić information content (AvgIpc) is 2.88. The van der Waals surface area contributed by atoms with E-state index in [1.807, 2.05) is 19.9 Å². The van der Waals surface area contributed by atoms with Crippen molar-refractivity contribution in [1.29, 1.82) is 0 Å². The predicted molar refractivity (Wildman–Crippen MR) is 81.6 cm³/mol. The molecule has 94 valence electrons. The molecular formula is C17H16N2. The van der Waals surface area contributed by atoms with Crippen LogP contribution in [-0.4, -0.2) is 9.38 Å². The highest BCUT2D eigenvalue weighted by Crippen LogP contribution is 2.22. The van der Waals surface area contributed by atoms with E-state index in [1.165, 1.54) is 16.4 Å². The summed E-state index contributed by atoms with van der Waals surface area (Å²) in [6.45, 7) is 4.00. The SMILES string of the molecule is CC.c1ccc2c(c1)ccc1nc3ccccc3n12. The summed E-state index contributed by atoms with van der Waals surface area (Å²) in [5, 5.41) is 1.24. The summed E-state index contributed by atoms with van der Waals surface area (Å²) in [4.78, 5) is 4.63. The van der Waals surface area contributed by atoms with Crippen LogP contribution in [0.5, 0.6) is 0 Å². The van der Waals surface area contributed by atoms with Gasteiger partial charge in [-0.25, -0.2) is 4.98 Å². The highest BCUT2D eigenvalue weighted by Gasteiger charge is 2.05. The fraction of sp³-hybridized carbons (Fsp3) is 0.118. The summed E-state index contributed by atoms with van der Waals surface area (Å²) in [6, 6.07) is 20.8. The van der Waals surface area contributed by atoms with Crippen molar-refractivity contribution >= 4 is 27.6 Å². The number of hydrogen-bond acceptors (Lipinski definition) is 1. The number of rotatable bonds is 0. The molecule has 19 heavy (non-hydrogen) atoms. The maximum absolute atomic E-state index is 4.63. The zero-order valence-electron chi connectivity index (χ0n) is 11.2. The lowest BCUT2D eigenvalue weighted by molar-refractivity contribution is 1.30. The molecule has 2 heterocycles. The number of hydrogen-bond donors (Lipinski definition) is 0. The van der Waals surface area contributed by atoms with Crippen LogP contribution in [0, 0.1) is 0 Å². The second-order valence-electron chi connectivity index (χ2n) is 4.19. The molecule has 0 unspecified atom stereocenters. The van der Waals surface area contributed by atoms with Crippen LogP contribution in [0.3, 0.4) is 0 Å². The van der Waals surface area contributed by atoms with E-state index in [2.05, 4.69) is 64.0 Å². The van der Waals surface area contributed by atoms with E-state index in [-0.39, 0.29) is 0 Å². The van der Waals surface area contributed by atoms with Gasteiger partial charge >= 0.3 is 0 Å². The Kier molecular flexibility index (Phi) is 2.92. The largest absolute Gasteiger partial charge is 0.292 e. The molecule has 0 bridgehead atoms. The third kappa shape index (κ3) is 1.76. The molecule has 0 aliphatic heterocycles. The minimum atomic E-state index is 1.00. The predicted octanol–water partition coefficient (Wildman–Crippen LogP) is 4.67. The van der Waals surface area contributed by atoms with E-state index in [4.69, 9.17) is 0 Å². The van der Waals surface area contributed by atoms with E-state index in [0.717, 1.165) is 11.2 Å². The molecule has 2 nitrogen and oxygen atoms in total. The second kappa shape index (κ2) is 4.73. The molecule has 0 spiro atoms. The van der Waals surface area contributed by atoms with E-state index < -0.39 is 0 Å². The molecule has 0 radical (unpaired) electrons. The van der Waals surface area contributed by atoms with Crippen molar-refractivity contribution in [2.24, 2.45) is 0 Å². The van der Waals surface area contributed by atoms with Crippen LogP contribution in [-0.2, 0) is 0 Å². The van der Waals surface area contributed by atoms with E-state index in [1.54, 1.807) is 0 Å². The Morgan fingerprint density at radius 2 is 1.42 bits per heavy atom. The molecule has 0 aliphatic rings. The van der Waals surface area contributed by atoms with Gasteiger partial charge in [-0.2, -0.15) is 0 Å².